The normalized spacial score (nSPS) is 15.5. The van der Waals surface area contributed by atoms with E-state index in [1.165, 1.54) is 0 Å². The van der Waals surface area contributed by atoms with Crippen molar-refractivity contribution in [1.29, 1.82) is 0 Å². The first-order chi connectivity index (χ1) is 4.81. The fourth-order valence-corrected chi connectivity index (χ4v) is 1.48. The van der Waals surface area contributed by atoms with Gasteiger partial charge in [-0.1, -0.05) is 34.6 Å². The van der Waals surface area contributed by atoms with Crippen molar-refractivity contribution in [2.24, 2.45) is 17.1 Å². The number of nitrogens with two attached hydrogens (primary N) is 1. The average molecular weight is 157 g/mol. The van der Waals surface area contributed by atoms with Gasteiger partial charge in [0.05, 0.1) is 0 Å². The summed E-state index contributed by atoms with van der Waals surface area (Å²) >= 11 is 0. The van der Waals surface area contributed by atoms with Gasteiger partial charge in [-0.3, -0.25) is 0 Å². The van der Waals surface area contributed by atoms with Crippen molar-refractivity contribution in [2.45, 2.75) is 53.5 Å². The molecule has 0 aromatic rings. The van der Waals surface area contributed by atoms with Crippen LogP contribution in [-0.2, 0) is 0 Å². The Kier molecular flexibility index (Phi) is 4.09. The summed E-state index contributed by atoms with van der Waals surface area (Å²) in [5, 5.41) is 0. The minimum Gasteiger partial charge on any atom is -0.328 e. The van der Waals surface area contributed by atoms with Crippen molar-refractivity contribution in [3.05, 3.63) is 0 Å². The first-order valence-corrected chi connectivity index (χ1v) is 4.57. The zero-order valence-corrected chi connectivity index (χ0v) is 8.65. The Labute approximate surface area is 71.4 Å². The summed E-state index contributed by atoms with van der Waals surface area (Å²) < 4.78 is 0. The summed E-state index contributed by atoms with van der Waals surface area (Å²) in [7, 11) is 0. The van der Waals surface area contributed by atoms with E-state index in [9.17, 15) is 0 Å². The third-order valence-corrected chi connectivity index (χ3v) is 1.65. The highest BCUT2D eigenvalue weighted by Gasteiger charge is 2.15. The summed E-state index contributed by atoms with van der Waals surface area (Å²) in [6, 6.07) is 0.384. The second kappa shape index (κ2) is 4.10. The SMILES string of the molecule is CC(C)CC(N)CC(C)(C)C. The molecular weight excluding hydrogens is 134 g/mol. The van der Waals surface area contributed by atoms with Gasteiger partial charge in [-0.05, 0) is 24.2 Å². The third-order valence-electron chi connectivity index (χ3n) is 1.65. The maximum Gasteiger partial charge on any atom is 0.00462 e. The molecule has 0 saturated carbocycles. The molecule has 0 aliphatic carbocycles. The molecule has 1 heteroatoms. The molecule has 0 amide bonds. The topological polar surface area (TPSA) is 26.0 Å². The molecule has 0 aromatic carbocycles. The third kappa shape index (κ3) is 7.86. The monoisotopic (exact) mass is 157 g/mol. The van der Waals surface area contributed by atoms with E-state index in [2.05, 4.69) is 34.6 Å². The summed E-state index contributed by atoms with van der Waals surface area (Å²) in [6.45, 7) is 11.2. The zero-order valence-electron chi connectivity index (χ0n) is 8.65. The molecule has 0 aliphatic rings. The van der Waals surface area contributed by atoms with Gasteiger partial charge in [0, 0.05) is 6.04 Å². The number of hydrogen-bond donors (Lipinski definition) is 1. The molecule has 11 heavy (non-hydrogen) atoms. The molecule has 0 aromatic heterocycles. The van der Waals surface area contributed by atoms with Crippen molar-refractivity contribution in [3.8, 4) is 0 Å². The van der Waals surface area contributed by atoms with E-state index in [1.54, 1.807) is 0 Å². The van der Waals surface area contributed by atoms with E-state index in [1.807, 2.05) is 0 Å². The van der Waals surface area contributed by atoms with Gasteiger partial charge in [0.15, 0.2) is 0 Å². The number of hydrogen-bond acceptors (Lipinski definition) is 1. The van der Waals surface area contributed by atoms with Crippen LogP contribution in [0.1, 0.15) is 47.5 Å². The molecule has 0 heterocycles. The molecule has 0 bridgehead atoms. The lowest BCUT2D eigenvalue weighted by Gasteiger charge is -2.24. The van der Waals surface area contributed by atoms with Crippen molar-refractivity contribution in [3.63, 3.8) is 0 Å². The maximum absolute atomic E-state index is 5.96. The summed E-state index contributed by atoms with van der Waals surface area (Å²) in [4.78, 5) is 0. The molecule has 0 rings (SSSR count). The lowest BCUT2D eigenvalue weighted by atomic mass is 9.86. The van der Waals surface area contributed by atoms with Crippen LogP contribution in [0.15, 0.2) is 0 Å². The highest BCUT2D eigenvalue weighted by molar-refractivity contribution is 4.72. The zero-order chi connectivity index (χ0) is 9.07. The van der Waals surface area contributed by atoms with E-state index in [-0.39, 0.29) is 0 Å². The van der Waals surface area contributed by atoms with Gasteiger partial charge in [-0.15, -0.1) is 0 Å². The van der Waals surface area contributed by atoms with Crippen LogP contribution in [0.3, 0.4) is 0 Å². The Morgan fingerprint density at radius 3 is 1.91 bits per heavy atom. The van der Waals surface area contributed by atoms with E-state index in [4.69, 9.17) is 5.73 Å². The molecular formula is C10H23N. The number of rotatable bonds is 3. The summed E-state index contributed by atoms with van der Waals surface area (Å²) in [5.41, 5.74) is 6.34. The smallest absolute Gasteiger partial charge is 0.00462 e. The quantitative estimate of drug-likeness (QED) is 0.670. The molecule has 1 unspecified atom stereocenters. The largest absolute Gasteiger partial charge is 0.328 e. The first kappa shape index (κ1) is 11.0. The standard InChI is InChI=1S/C10H23N/c1-8(2)6-9(11)7-10(3,4)5/h8-9H,6-7,11H2,1-5H3. The van der Waals surface area contributed by atoms with Gasteiger partial charge in [0.2, 0.25) is 0 Å². The minimum absolute atomic E-state index is 0.383. The van der Waals surface area contributed by atoms with Gasteiger partial charge < -0.3 is 5.73 Å². The van der Waals surface area contributed by atoms with Crippen LogP contribution in [0.25, 0.3) is 0 Å². The Morgan fingerprint density at radius 2 is 1.64 bits per heavy atom. The lowest BCUT2D eigenvalue weighted by Crippen LogP contribution is -2.27. The highest BCUT2D eigenvalue weighted by Crippen LogP contribution is 2.22. The lowest BCUT2D eigenvalue weighted by molar-refractivity contribution is 0.315. The van der Waals surface area contributed by atoms with Crippen molar-refractivity contribution >= 4 is 0 Å². The fourth-order valence-electron chi connectivity index (χ4n) is 1.48. The van der Waals surface area contributed by atoms with Gasteiger partial charge in [-0.25, -0.2) is 0 Å². The molecule has 2 N–H and O–H groups in total. The highest BCUT2D eigenvalue weighted by atomic mass is 14.6. The summed E-state index contributed by atoms with van der Waals surface area (Å²) in [6.07, 6.45) is 2.28. The van der Waals surface area contributed by atoms with Crippen LogP contribution in [0.4, 0.5) is 0 Å². The molecule has 68 valence electrons. The molecule has 0 fully saturated rings. The molecule has 0 saturated heterocycles. The predicted molar refractivity (Wildman–Crippen MR) is 51.5 cm³/mol. The molecule has 0 radical (unpaired) electrons. The van der Waals surface area contributed by atoms with Crippen LogP contribution in [0.5, 0.6) is 0 Å². The van der Waals surface area contributed by atoms with Crippen LogP contribution in [0.2, 0.25) is 0 Å². The van der Waals surface area contributed by atoms with Crippen LogP contribution >= 0.6 is 0 Å². The van der Waals surface area contributed by atoms with Crippen molar-refractivity contribution in [2.75, 3.05) is 0 Å². The van der Waals surface area contributed by atoms with Gasteiger partial charge in [-0.2, -0.15) is 0 Å². The van der Waals surface area contributed by atoms with Crippen LogP contribution in [-0.4, -0.2) is 6.04 Å². The Balaban J connectivity index is 3.61. The minimum atomic E-state index is 0.383. The second-order valence-corrected chi connectivity index (χ2v) is 5.15. The van der Waals surface area contributed by atoms with Crippen LogP contribution in [0, 0.1) is 11.3 Å². The first-order valence-electron chi connectivity index (χ1n) is 4.57. The second-order valence-electron chi connectivity index (χ2n) is 5.15. The molecule has 0 aliphatic heterocycles. The van der Waals surface area contributed by atoms with Crippen molar-refractivity contribution < 1.29 is 0 Å². The van der Waals surface area contributed by atoms with Crippen LogP contribution < -0.4 is 5.73 Å². The fraction of sp³-hybridized carbons (Fsp3) is 1.00. The molecule has 1 atom stereocenters. The maximum atomic E-state index is 5.96. The van der Waals surface area contributed by atoms with Crippen molar-refractivity contribution in [1.82, 2.24) is 0 Å². The van der Waals surface area contributed by atoms with E-state index in [0.29, 0.717) is 11.5 Å². The molecule has 0 spiro atoms. The van der Waals surface area contributed by atoms with Gasteiger partial charge in [0.1, 0.15) is 0 Å². The molecule has 1 nitrogen and oxygen atoms in total. The van der Waals surface area contributed by atoms with E-state index >= 15 is 0 Å². The summed E-state index contributed by atoms with van der Waals surface area (Å²) in [5.74, 6) is 0.729. The Morgan fingerprint density at radius 1 is 1.18 bits per heavy atom. The van der Waals surface area contributed by atoms with E-state index < -0.39 is 0 Å². The Bertz CT molecular complexity index is 99.9. The Hall–Kier alpha value is -0.0400. The average Bonchev–Trinajstić information content (AvgIpc) is 1.53. The predicted octanol–water partition coefficient (Wildman–Crippen LogP) is 2.80. The van der Waals surface area contributed by atoms with E-state index in [0.717, 1.165) is 18.8 Å². The van der Waals surface area contributed by atoms with Gasteiger partial charge in [0.25, 0.3) is 0 Å². The van der Waals surface area contributed by atoms with Gasteiger partial charge >= 0.3 is 0 Å².